The van der Waals surface area contributed by atoms with E-state index >= 15 is 0 Å². The highest BCUT2D eigenvalue weighted by Gasteiger charge is 2.62. The molecule has 1 saturated heterocycles. The normalized spacial score (nSPS) is 22.3. The second-order valence-corrected chi connectivity index (χ2v) is 9.05. The van der Waals surface area contributed by atoms with Crippen molar-refractivity contribution in [2.75, 3.05) is 13.2 Å². The van der Waals surface area contributed by atoms with E-state index in [1.54, 1.807) is 19.9 Å². The minimum Gasteiger partial charge on any atom is -0.374 e. The van der Waals surface area contributed by atoms with Gasteiger partial charge in [0.1, 0.15) is 12.6 Å². The zero-order chi connectivity index (χ0) is 25.5. The number of amides is 2. The standard InChI is InChI=1S/C23H20Cl2F3N3O4/c1-3-31-21(33)19(11-34-31)29-20(32)17-5-4-13(6-12(17)2)18-10-22(35-30-18,23(26,27)28)14-7-15(24)9-16(25)8-14/h4-9,19H,3,10-11H2,1-2H3,(H,29,32)/t19?,22-/m1/s1. The summed E-state index contributed by atoms with van der Waals surface area (Å²) in [5.41, 5.74) is -1.87. The van der Waals surface area contributed by atoms with Crippen LogP contribution in [0.15, 0.2) is 41.6 Å². The zero-order valence-electron chi connectivity index (χ0n) is 18.6. The average Bonchev–Trinajstić information content (AvgIpc) is 3.38. The first kappa shape index (κ1) is 25.3. The van der Waals surface area contributed by atoms with Gasteiger partial charge in [-0.05, 0) is 55.3 Å². The van der Waals surface area contributed by atoms with E-state index in [0.717, 1.165) is 12.1 Å². The van der Waals surface area contributed by atoms with E-state index in [-0.39, 0.29) is 39.4 Å². The Morgan fingerprint density at radius 3 is 2.49 bits per heavy atom. The van der Waals surface area contributed by atoms with Crippen LogP contribution in [0.4, 0.5) is 13.2 Å². The second kappa shape index (κ2) is 9.33. The van der Waals surface area contributed by atoms with Gasteiger partial charge in [0, 0.05) is 34.1 Å². The van der Waals surface area contributed by atoms with Crippen molar-refractivity contribution in [3.8, 4) is 0 Å². The van der Waals surface area contributed by atoms with Crippen molar-refractivity contribution >= 4 is 40.7 Å². The number of nitrogens with one attached hydrogen (secondary N) is 1. The summed E-state index contributed by atoms with van der Waals surface area (Å²) in [4.78, 5) is 35.1. The maximum Gasteiger partial charge on any atom is 0.435 e. The third kappa shape index (κ3) is 4.70. The lowest BCUT2D eigenvalue weighted by Gasteiger charge is -2.29. The van der Waals surface area contributed by atoms with Gasteiger partial charge in [-0.1, -0.05) is 34.4 Å². The molecule has 0 aromatic heterocycles. The van der Waals surface area contributed by atoms with Crippen molar-refractivity contribution in [2.24, 2.45) is 5.16 Å². The highest BCUT2D eigenvalue weighted by atomic mass is 35.5. The van der Waals surface area contributed by atoms with Crippen LogP contribution < -0.4 is 5.32 Å². The third-order valence-corrected chi connectivity index (χ3v) is 6.29. The highest BCUT2D eigenvalue weighted by Crippen LogP contribution is 2.49. The number of halogens is 5. The summed E-state index contributed by atoms with van der Waals surface area (Å²) in [5, 5.41) is 7.59. The van der Waals surface area contributed by atoms with E-state index in [9.17, 15) is 22.8 Å². The Morgan fingerprint density at radius 1 is 1.23 bits per heavy atom. The van der Waals surface area contributed by atoms with Crippen LogP contribution in [0.1, 0.15) is 40.4 Å². The van der Waals surface area contributed by atoms with Crippen LogP contribution in [0.5, 0.6) is 0 Å². The van der Waals surface area contributed by atoms with Crippen LogP contribution in [0.25, 0.3) is 0 Å². The van der Waals surface area contributed by atoms with Crippen molar-refractivity contribution < 1.29 is 32.4 Å². The number of hydroxylamine groups is 2. The van der Waals surface area contributed by atoms with Gasteiger partial charge >= 0.3 is 6.18 Å². The predicted molar refractivity (Wildman–Crippen MR) is 122 cm³/mol. The summed E-state index contributed by atoms with van der Waals surface area (Å²) in [5.74, 6) is -0.853. The highest BCUT2D eigenvalue weighted by molar-refractivity contribution is 6.34. The fourth-order valence-corrected chi connectivity index (χ4v) is 4.53. The maximum absolute atomic E-state index is 14.2. The number of aryl methyl sites for hydroxylation is 1. The number of hydrogen-bond donors (Lipinski definition) is 1. The smallest absolute Gasteiger partial charge is 0.374 e. The topological polar surface area (TPSA) is 80.2 Å². The fourth-order valence-electron chi connectivity index (χ4n) is 4.00. The predicted octanol–water partition coefficient (Wildman–Crippen LogP) is 4.78. The van der Waals surface area contributed by atoms with Crippen LogP contribution in [0.2, 0.25) is 10.0 Å². The molecule has 2 amide bonds. The van der Waals surface area contributed by atoms with Gasteiger partial charge in [-0.15, -0.1) is 0 Å². The van der Waals surface area contributed by atoms with Crippen LogP contribution in [0, 0.1) is 6.92 Å². The summed E-state index contributed by atoms with van der Waals surface area (Å²) in [6.07, 6.45) is -5.43. The molecule has 0 saturated carbocycles. The molecule has 1 N–H and O–H groups in total. The molecule has 1 unspecified atom stereocenters. The quantitative estimate of drug-likeness (QED) is 0.604. The summed E-state index contributed by atoms with van der Waals surface area (Å²) in [7, 11) is 0. The summed E-state index contributed by atoms with van der Waals surface area (Å²) >= 11 is 11.9. The molecule has 2 aromatic rings. The first-order chi connectivity index (χ1) is 16.4. The summed E-state index contributed by atoms with van der Waals surface area (Å²) in [6, 6.07) is 7.28. The first-order valence-electron chi connectivity index (χ1n) is 10.6. The van der Waals surface area contributed by atoms with E-state index in [2.05, 4.69) is 10.5 Å². The Labute approximate surface area is 208 Å². The van der Waals surface area contributed by atoms with Crippen LogP contribution in [-0.4, -0.2) is 48.0 Å². The molecule has 0 bridgehead atoms. The molecule has 35 heavy (non-hydrogen) atoms. The maximum atomic E-state index is 14.2. The van der Waals surface area contributed by atoms with Crippen molar-refractivity contribution in [1.29, 1.82) is 0 Å². The Hall–Kier alpha value is -2.82. The monoisotopic (exact) mass is 529 g/mol. The Kier molecular flexibility index (Phi) is 6.74. The molecule has 12 heteroatoms. The molecule has 4 rings (SSSR count). The number of nitrogens with zero attached hydrogens (tertiary/aromatic N) is 2. The lowest BCUT2D eigenvalue weighted by molar-refractivity contribution is -0.275. The Bertz CT molecular complexity index is 1200. The van der Waals surface area contributed by atoms with E-state index < -0.39 is 30.1 Å². The number of carbonyl (C=O) groups is 2. The second-order valence-electron chi connectivity index (χ2n) is 8.17. The molecule has 0 radical (unpaired) electrons. The number of alkyl halides is 3. The molecule has 186 valence electrons. The van der Waals surface area contributed by atoms with E-state index in [1.807, 2.05) is 0 Å². The van der Waals surface area contributed by atoms with Gasteiger partial charge in [-0.25, -0.2) is 5.06 Å². The molecule has 2 atom stereocenters. The van der Waals surface area contributed by atoms with Crippen LogP contribution in [0.3, 0.4) is 0 Å². The molecular weight excluding hydrogens is 510 g/mol. The molecule has 1 fully saturated rings. The number of carbonyl (C=O) groups excluding carboxylic acids is 2. The minimum absolute atomic E-state index is 0.0245. The fraction of sp³-hybridized carbons (Fsp3) is 0.348. The largest absolute Gasteiger partial charge is 0.435 e. The molecule has 2 aliphatic rings. The van der Waals surface area contributed by atoms with Gasteiger partial charge in [0.15, 0.2) is 0 Å². The Balaban J connectivity index is 1.56. The van der Waals surface area contributed by atoms with E-state index in [4.69, 9.17) is 32.9 Å². The molecular formula is C23H20Cl2F3N3O4. The van der Waals surface area contributed by atoms with Crippen LogP contribution >= 0.6 is 23.2 Å². The van der Waals surface area contributed by atoms with E-state index in [0.29, 0.717) is 17.7 Å². The summed E-state index contributed by atoms with van der Waals surface area (Å²) < 4.78 is 42.6. The van der Waals surface area contributed by atoms with Gasteiger partial charge in [0.25, 0.3) is 17.4 Å². The molecule has 2 aliphatic heterocycles. The lowest BCUT2D eigenvalue weighted by atomic mass is 9.86. The third-order valence-electron chi connectivity index (χ3n) is 5.85. The first-order valence-corrected chi connectivity index (χ1v) is 11.4. The molecule has 2 heterocycles. The SMILES string of the molecule is CCN1OCC(NC(=O)c2ccc(C3=NO[C@](c4cc(Cl)cc(Cl)c4)(C(F)(F)F)C3)cc2C)C1=O. The van der Waals surface area contributed by atoms with Gasteiger partial charge in [-0.2, -0.15) is 13.2 Å². The average molecular weight is 530 g/mol. The van der Waals surface area contributed by atoms with Crippen molar-refractivity contribution in [2.45, 2.75) is 38.1 Å². The van der Waals surface area contributed by atoms with Crippen molar-refractivity contribution in [1.82, 2.24) is 10.4 Å². The molecule has 2 aromatic carbocycles. The minimum atomic E-state index is -4.82. The number of oxime groups is 1. The number of rotatable bonds is 5. The zero-order valence-corrected chi connectivity index (χ0v) is 20.1. The van der Waals surface area contributed by atoms with Gasteiger partial charge in [0.05, 0.1) is 5.71 Å². The van der Waals surface area contributed by atoms with Crippen molar-refractivity contribution in [3.63, 3.8) is 0 Å². The molecule has 0 aliphatic carbocycles. The lowest BCUT2D eigenvalue weighted by Crippen LogP contribution is -2.43. The van der Waals surface area contributed by atoms with Gasteiger partial charge in [-0.3, -0.25) is 14.4 Å². The van der Waals surface area contributed by atoms with Crippen molar-refractivity contribution in [3.05, 3.63) is 68.7 Å². The van der Waals surface area contributed by atoms with Gasteiger partial charge in [0.2, 0.25) is 0 Å². The van der Waals surface area contributed by atoms with Gasteiger partial charge < -0.3 is 10.2 Å². The summed E-state index contributed by atoms with van der Waals surface area (Å²) in [6.45, 7) is 3.75. The van der Waals surface area contributed by atoms with Crippen LogP contribution in [-0.2, 0) is 20.1 Å². The number of benzene rings is 2. The molecule has 0 spiro atoms. The Morgan fingerprint density at radius 2 is 1.91 bits per heavy atom. The number of likely N-dealkylation sites (N-methyl/N-ethyl adjacent to an activating group) is 1. The number of hydrogen-bond acceptors (Lipinski definition) is 5. The molecule has 7 nitrogen and oxygen atoms in total. The van der Waals surface area contributed by atoms with E-state index in [1.165, 1.54) is 23.3 Å².